The van der Waals surface area contributed by atoms with E-state index in [9.17, 15) is 19.2 Å². The molecule has 1 amide bonds. The summed E-state index contributed by atoms with van der Waals surface area (Å²) >= 11 is 3.22. The molecule has 0 unspecified atom stereocenters. The lowest BCUT2D eigenvalue weighted by Gasteiger charge is -2.25. The molecule has 10 aromatic rings. The Morgan fingerprint density at radius 2 is 1.12 bits per heavy atom. The number of hydrogen-bond acceptors (Lipinski definition) is 14. The Balaban J connectivity index is 0.000000156. The topological polar surface area (TPSA) is 173 Å². The van der Waals surface area contributed by atoms with Crippen molar-refractivity contribution in [2.24, 2.45) is 0 Å². The maximum Gasteiger partial charge on any atom is 0.343 e. The average molecular weight is 1060 g/mol. The Hall–Kier alpha value is -8.38. The summed E-state index contributed by atoms with van der Waals surface area (Å²) in [5, 5.41) is 8.06. The van der Waals surface area contributed by atoms with Crippen LogP contribution in [0.4, 0.5) is 0 Å². The summed E-state index contributed by atoms with van der Waals surface area (Å²) in [7, 11) is 0. The number of carbonyl (C=O) groups excluding carboxylic acids is 2. The molecular weight excluding hydrogens is 1010 g/mol. The number of thioether (sulfide) groups is 2. The molecule has 0 bridgehead atoms. The van der Waals surface area contributed by atoms with Crippen LogP contribution >= 0.6 is 23.5 Å². The van der Waals surface area contributed by atoms with Crippen LogP contribution in [0, 0.1) is 0 Å². The standard InChI is InChI=1S/C32H29N5O3S.C28H21N3O4S/c38-31-25-17-24(41-14-7-23-19-33-8-9-34-23)18-29-30(25)37(20-26(31)32(39)35-10-13-36-11-3-4-12-36)27-15-21-5-1-2-6-22(21)16-28(27)40-29;1-2-34-28(33)22-16-31-23-11-17-5-3-4-6-18(17)12-24(23)35-25-14-20(13-21(26(25)31)27(22)32)36-10-7-19-15-29-8-9-30-19/h1-2,5-6,8-9,15-20H,3-4,7,10-14H2,(H,35,39);3-6,8-9,11-16H,2,7,10H2,1H3. The van der Waals surface area contributed by atoms with Gasteiger partial charge in [-0.2, -0.15) is 0 Å². The van der Waals surface area contributed by atoms with Gasteiger partial charge < -0.3 is 33.6 Å². The van der Waals surface area contributed by atoms with Crippen molar-refractivity contribution < 1.29 is 23.8 Å². The Kier molecular flexibility index (Phi) is 13.9. The van der Waals surface area contributed by atoms with Crippen molar-refractivity contribution in [1.29, 1.82) is 0 Å². The molecule has 0 aliphatic carbocycles. The van der Waals surface area contributed by atoms with Crippen molar-refractivity contribution in [3.05, 3.63) is 190 Å². The molecule has 17 heteroatoms. The minimum absolute atomic E-state index is 0.00183. The second kappa shape index (κ2) is 21.7. The van der Waals surface area contributed by atoms with Crippen molar-refractivity contribution in [2.45, 2.75) is 42.4 Å². The van der Waals surface area contributed by atoms with Crippen molar-refractivity contribution >= 4 is 78.8 Å². The van der Waals surface area contributed by atoms with Gasteiger partial charge in [0.1, 0.15) is 22.2 Å². The van der Waals surface area contributed by atoms with Gasteiger partial charge in [-0.25, -0.2) is 4.79 Å². The molecule has 0 radical (unpaired) electrons. The number of esters is 1. The van der Waals surface area contributed by atoms with Gasteiger partial charge in [0.2, 0.25) is 10.9 Å². The summed E-state index contributed by atoms with van der Waals surface area (Å²) in [5.74, 6) is 3.04. The fourth-order valence-electron chi connectivity index (χ4n) is 10.1. The molecule has 3 aliphatic rings. The van der Waals surface area contributed by atoms with E-state index in [2.05, 4.69) is 36.2 Å². The van der Waals surface area contributed by atoms with Crippen LogP contribution in [0.25, 0.3) is 54.7 Å². The lowest BCUT2D eigenvalue weighted by Crippen LogP contribution is -2.36. The Bertz CT molecular complexity index is 4060. The van der Waals surface area contributed by atoms with Gasteiger partial charge in [0.25, 0.3) is 5.91 Å². The molecule has 384 valence electrons. The van der Waals surface area contributed by atoms with E-state index in [0.717, 1.165) is 98.1 Å². The van der Waals surface area contributed by atoms with E-state index in [4.69, 9.17) is 14.2 Å². The second-order valence-electron chi connectivity index (χ2n) is 18.8. The number of nitrogens with one attached hydrogen (secondary N) is 1. The number of pyridine rings is 2. The molecule has 3 aliphatic heterocycles. The molecule has 13 rings (SSSR count). The summed E-state index contributed by atoms with van der Waals surface area (Å²) in [4.78, 5) is 74.5. The predicted octanol–water partition coefficient (Wildman–Crippen LogP) is 10.8. The fourth-order valence-corrected chi connectivity index (χ4v) is 12.0. The summed E-state index contributed by atoms with van der Waals surface area (Å²) in [6, 6.07) is 31.8. The SMILES string of the molecule is CCOC(=O)c1cn2c3c(cc(SCCc4cnccn4)cc3c1=O)Oc1cc3ccccc3cc1-2.O=C(NCCN1CCCC1)c1cn2c3c(cc(SCCc4cnccn4)cc3c1=O)Oc1cc3ccccc3cc1-2. The molecule has 7 heterocycles. The van der Waals surface area contributed by atoms with E-state index >= 15 is 0 Å². The number of amides is 1. The van der Waals surface area contributed by atoms with Gasteiger partial charge in [-0.15, -0.1) is 23.5 Å². The fraction of sp³-hybridized carbons (Fsp3) is 0.200. The van der Waals surface area contributed by atoms with Crippen LogP contribution in [-0.4, -0.2) is 90.1 Å². The number of benzene rings is 6. The van der Waals surface area contributed by atoms with Gasteiger partial charge in [0.15, 0.2) is 23.0 Å². The average Bonchev–Trinajstić information content (AvgIpc) is 3.99. The molecule has 15 nitrogen and oxygen atoms in total. The molecule has 4 aromatic heterocycles. The number of aryl methyl sites for hydroxylation is 2. The summed E-state index contributed by atoms with van der Waals surface area (Å²) in [6.45, 7) is 5.31. The van der Waals surface area contributed by atoms with E-state index in [0.29, 0.717) is 51.3 Å². The number of aromatic nitrogens is 6. The molecule has 0 atom stereocenters. The molecule has 0 spiro atoms. The van der Waals surface area contributed by atoms with Crippen LogP contribution < -0.4 is 25.6 Å². The number of likely N-dealkylation sites (tertiary alicyclic amines) is 1. The van der Waals surface area contributed by atoms with Crippen LogP contribution in [0.3, 0.4) is 0 Å². The molecule has 6 aromatic carbocycles. The largest absolute Gasteiger partial charge is 0.462 e. The van der Waals surface area contributed by atoms with Gasteiger partial charge in [-0.3, -0.25) is 34.3 Å². The van der Waals surface area contributed by atoms with E-state index in [1.54, 1.807) is 80.0 Å². The van der Waals surface area contributed by atoms with Gasteiger partial charge in [-0.05, 0) is 103 Å². The van der Waals surface area contributed by atoms with Gasteiger partial charge in [0, 0.05) is 96.8 Å². The highest BCUT2D eigenvalue weighted by molar-refractivity contribution is 7.99. The van der Waals surface area contributed by atoms with E-state index in [1.165, 1.54) is 12.8 Å². The number of rotatable bonds is 14. The highest BCUT2D eigenvalue weighted by atomic mass is 32.2. The first-order valence-electron chi connectivity index (χ1n) is 25.6. The molecule has 1 saturated heterocycles. The van der Waals surface area contributed by atoms with E-state index in [-0.39, 0.29) is 34.5 Å². The van der Waals surface area contributed by atoms with Gasteiger partial charge >= 0.3 is 5.97 Å². The maximum atomic E-state index is 13.8. The third kappa shape index (κ3) is 10.1. The van der Waals surface area contributed by atoms with Crippen LogP contribution in [-0.2, 0) is 17.6 Å². The third-order valence-corrected chi connectivity index (χ3v) is 15.8. The quantitative estimate of drug-likeness (QED) is 0.0805. The zero-order valence-corrected chi connectivity index (χ0v) is 43.6. The lowest BCUT2D eigenvalue weighted by molar-refractivity contribution is 0.0524. The first-order chi connectivity index (χ1) is 37.8. The molecule has 77 heavy (non-hydrogen) atoms. The smallest absolute Gasteiger partial charge is 0.343 e. The Labute approximate surface area is 450 Å². The summed E-state index contributed by atoms with van der Waals surface area (Å²) in [5.41, 5.74) is 4.15. The highest BCUT2D eigenvalue weighted by Gasteiger charge is 2.28. The van der Waals surface area contributed by atoms with Crippen molar-refractivity contribution in [3.8, 4) is 34.4 Å². The first kappa shape index (κ1) is 49.5. The molecule has 1 fully saturated rings. The van der Waals surface area contributed by atoms with Crippen molar-refractivity contribution in [3.63, 3.8) is 0 Å². The van der Waals surface area contributed by atoms with Crippen LogP contribution in [0.1, 0.15) is 51.9 Å². The number of carbonyl (C=O) groups is 2. The molecule has 1 N–H and O–H groups in total. The zero-order valence-electron chi connectivity index (χ0n) is 41.9. The highest BCUT2D eigenvalue weighted by Crippen LogP contribution is 2.45. The molecular formula is C60H50N8O7S2. The van der Waals surface area contributed by atoms with Gasteiger partial charge in [-0.1, -0.05) is 48.5 Å². The van der Waals surface area contributed by atoms with Crippen molar-refractivity contribution in [1.82, 2.24) is 39.3 Å². The summed E-state index contributed by atoms with van der Waals surface area (Å²) < 4.78 is 21.8. The third-order valence-electron chi connectivity index (χ3n) is 13.8. The first-order valence-corrected chi connectivity index (χ1v) is 27.6. The Morgan fingerprint density at radius 3 is 1.61 bits per heavy atom. The maximum absolute atomic E-state index is 13.8. The molecule has 0 saturated carbocycles. The minimum atomic E-state index is -0.635. The van der Waals surface area contributed by atoms with Gasteiger partial charge in [0.05, 0.1) is 40.1 Å². The van der Waals surface area contributed by atoms with Crippen molar-refractivity contribution in [2.75, 3.05) is 44.3 Å². The normalized spacial score (nSPS) is 13.1. The second-order valence-corrected chi connectivity index (χ2v) is 21.1. The summed E-state index contributed by atoms with van der Waals surface area (Å²) in [6.07, 6.45) is 17.3. The van der Waals surface area contributed by atoms with E-state index in [1.807, 2.05) is 100 Å². The number of fused-ring (bicyclic) bond motifs is 6. The van der Waals surface area contributed by atoms with Crippen LogP contribution in [0.15, 0.2) is 166 Å². The Morgan fingerprint density at radius 1 is 0.623 bits per heavy atom. The van der Waals surface area contributed by atoms with Crippen LogP contribution in [0.2, 0.25) is 0 Å². The zero-order chi connectivity index (χ0) is 52.4. The number of nitrogens with zero attached hydrogens (tertiary/aromatic N) is 7. The number of hydrogen-bond donors (Lipinski definition) is 1. The minimum Gasteiger partial charge on any atom is -0.462 e. The monoisotopic (exact) mass is 1060 g/mol. The lowest BCUT2D eigenvalue weighted by atomic mass is 10.0. The van der Waals surface area contributed by atoms with E-state index < -0.39 is 5.97 Å². The number of ether oxygens (including phenoxy) is 3. The van der Waals surface area contributed by atoms with Crippen LogP contribution in [0.5, 0.6) is 23.0 Å². The predicted molar refractivity (Wildman–Crippen MR) is 301 cm³/mol.